The Kier molecular flexibility index (Phi) is 3.26. The van der Waals surface area contributed by atoms with E-state index in [9.17, 15) is 0 Å². The Labute approximate surface area is 108 Å². The molecular formula is C15H19N3. The lowest BCUT2D eigenvalue weighted by Crippen LogP contribution is -2.27. The molecule has 0 radical (unpaired) electrons. The summed E-state index contributed by atoms with van der Waals surface area (Å²) in [7, 11) is 2.19. The molecule has 3 rings (SSSR count). The van der Waals surface area contributed by atoms with Gasteiger partial charge in [-0.25, -0.2) is 0 Å². The maximum atomic E-state index is 4.82. The fraction of sp³-hybridized carbons (Fsp3) is 0.400. The minimum absolute atomic E-state index is 0.435. The summed E-state index contributed by atoms with van der Waals surface area (Å²) in [6, 6.07) is 13.1. The van der Waals surface area contributed by atoms with Gasteiger partial charge in [-0.3, -0.25) is 9.88 Å². The van der Waals surface area contributed by atoms with E-state index in [4.69, 9.17) is 4.98 Å². The van der Waals surface area contributed by atoms with Crippen molar-refractivity contribution in [3.63, 3.8) is 0 Å². The zero-order chi connectivity index (χ0) is 12.4. The van der Waals surface area contributed by atoms with Gasteiger partial charge in [-0.1, -0.05) is 24.3 Å². The first kappa shape index (κ1) is 11.6. The van der Waals surface area contributed by atoms with Gasteiger partial charge < -0.3 is 5.32 Å². The average Bonchev–Trinajstić information content (AvgIpc) is 2.63. The molecule has 3 heteroatoms. The van der Waals surface area contributed by atoms with Crippen molar-refractivity contribution >= 4 is 10.9 Å². The van der Waals surface area contributed by atoms with Gasteiger partial charge in [-0.05, 0) is 32.1 Å². The number of aromatic nitrogens is 1. The molecule has 0 spiro atoms. The summed E-state index contributed by atoms with van der Waals surface area (Å²) < 4.78 is 0. The van der Waals surface area contributed by atoms with Crippen molar-refractivity contribution in [2.75, 3.05) is 26.7 Å². The summed E-state index contributed by atoms with van der Waals surface area (Å²) in [5.41, 5.74) is 2.29. The molecule has 0 aliphatic carbocycles. The van der Waals surface area contributed by atoms with Crippen LogP contribution in [0.25, 0.3) is 10.9 Å². The number of nitrogens with one attached hydrogen (secondary N) is 1. The Morgan fingerprint density at radius 2 is 2.06 bits per heavy atom. The third kappa shape index (κ3) is 2.24. The van der Waals surface area contributed by atoms with Gasteiger partial charge in [-0.15, -0.1) is 0 Å². The van der Waals surface area contributed by atoms with E-state index in [1.807, 2.05) is 0 Å². The molecule has 1 aliphatic rings. The van der Waals surface area contributed by atoms with Crippen LogP contribution in [-0.2, 0) is 0 Å². The van der Waals surface area contributed by atoms with Crippen molar-refractivity contribution in [1.82, 2.24) is 15.2 Å². The van der Waals surface area contributed by atoms with E-state index < -0.39 is 0 Å². The summed E-state index contributed by atoms with van der Waals surface area (Å²) in [6.45, 7) is 3.23. The van der Waals surface area contributed by atoms with Gasteiger partial charge in [0, 0.05) is 18.5 Å². The van der Waals surface area contributed by atoms with Crippen LogP contribution < -0.4 is 5.32 Å². The quantitative estimate of drug-likeness (QED) is 0.829. The van der Waals surface area contributed by atoms with Gasteiger partial charge in [0.05, 0.1) is 17.3 Å². The molecule has 18 heavy (non-hydrogen) atoms. The van der Waals surface area contributed by atoms with Crippen LogP contribution in [0.1, 0.15) is 18.2 Å². The van der Waals surface area contributed by atoms with Crippen LogP contribution in [0, 0.1) is 0 Å². The van der Waals surface area contributed by atoms with Crippen molar-refractivity contribution in [1.29, 1.82) is 0 Å². The van der Waals surface area contributed by atoms with Crippen LogP contribution in [-0.4, -0.2) is 36.6 Å². The van der Waals surface area contributed by atoms with Crippen molar-refractivity contribution in [3.05, 3.63) is 42.1 Å². The van der Waals surface area contributed by atoms with Crippen LogP contribution in [0.4, 0.5) is 0 Å². The predicted molar refractivity (Wildman–Crippen MR) is 74.6 cm³/mol. The number of para-hydroxylation sites is 1. The number of nitrogens with zero attached hydrogens (tertiary/aromatic N) is 2. The Hall–Kier alpha value is -1.45. The minimum Gasteiger partial charge on any atom is -0.315 e. The molecule has 1 atom stereocenters. The van der Waals surface area contributed by atoms with Gasteiger partial charge in [0.1, 0.15) is 0 Å². The molecule has 1 N–H and O–H groups in total. The normalized spacial score (nSPS) is 21.9. The number of pyridine rings is 1. The number of likely N-dealkylation sites (N-methyl/N-ethyl adjacent to an activating group) is 1. The van der Waals surface area contributed by atoms with Gasteiger partial charge in [0.2, 0.25) is 0 Å². The first-order chi connectivity index (χ1) is 8.84. The SMILES string of the molecule is CN1CCNCCC1c1ccc2ccccc2n1. The lowest BCUT2D eigenvalue weighted by atomic mass is 10.1. The van der Waals surface area contributed by atoms with E-state index in [1.54, 1.807) is 0 Å². The molecule has 1 unspecified atom stereocenters. The molecule has 2 heterocycles. The highest BCUT2D eigenvalue weighted by Crippen LogP contribution is 2.24. The lowest BCUT2D eigenvalue weighted by Gasteiger charge is -2.24. The third-order valence-corrected chi connectivity index (χ3v) is 3.73. The topological polar surface area (TPSA) is 28.2 Å². The zero-order valence-corrected chi connectivity index (χ0v) is 10.8. The third-order valence-electron chi connectivity index (χ3n) is 3.73. The van der Waals surface area contributed by atoms with Crippen LogP contribution >= 0.6 is 0 Å². The zero-order valence-electron chi connectivity index (χ0n) is 10.8. The number of fused-ring (bicyclic) bond motifs is 1. The van der Waals surface area contributed by atoms with E-state index in [0.29, 0.717) is 6.04 Å². The van der Waals surface area contributed by atoms with E-state index in [-0.39, 0.29) is 0 Å². The van der Waals surface area contributed by atoms with Crippen LogP contribution in [0.3, 0.4) is 0 Å². The van der Waals surface area contributed by atoms with Crippen molar-refractivity contribution in [2.24, 2.45) is 0 Å². The molecule has 2 aromatic rings. The monoisotopic (exact) mass is 241 g/mol. The number of rotatable bonds is 1. The summed E-state index contributed by atoms with van der Waals surface area (Å²) in [4.78, 5) is 7.22. The highest BCUT2D eigenvalue weighted by atomic mass is 15.2. The maximum Gasteiger partial charge on any atom is 0.0706 e. The number of hydrogen-bond acceptors (Lipinski definition) is 3. The van der Waals surface area contributed by atoms with Crippen LogP contribution in [0.15, 0.2) is 36.4 Å². The highest BCUT2D eigenvalue weighted by molar-refractivity contribution is 5.78. The molecule has 0 bridgehead atoms. The molecule has 3 nitrogen and oxygen atoms in total. The van der Waals surface area contributed by atoms with Crippen LogP contribution in [0.2, 0.25) is 0 Å². The number of benzene rings is 1. The van der Waals surface area contributed by atoms with E-state index in [1.165, 1.54) is 11.1 Å². The maximum absolute atomic E-state index is 4.82. The molecule has 0 saturated carbocycles. The molecule has 94 valence electrons. The van der Waals surface area contributed by atoms with Gasteiger partial charge in [0.25, 0.3) is 0 Å². The fourth-order valence-electron chi connectivity index (χ4n) is 2.64. The first-order valence-corrected chi connectivity index (χ1v) is 6.61. The summed E-state index contributed by atoms with van der Waals surface area (Å²) in [6.07, 6.45) is 1.13. The standard InChI is InChI=1S/C15H19N3/c1-18-11-10-16-9-8-15(18)14-7-6-12-4-2-3-5-13(12)17-14/h2-7,15-16H,8-11H2,1H3. The van der Waals surface area contributed by atoms with Gasteiger partial charge in [-0.2, -0.15) is 0 Å². The summed E-state index contributed by atoms with van der Waals surface area (Å²) in [5, 5.41) is 4.66. The molecule has 1 saturated heterocycles. The second kappa shape index (κ2) is 5.04. The molecule has 0 amide bonds. The number of hydrogen-bond donors (Lipinski definition) is 1. The first-order valence-electron chi connectivity index (χ1n) is 6.61. The Morgan fingerprint density at radius 3 is 3.00 bits per heavy atom. The largest absolute Gasteiger partial charge is 0.315 e. The second-order valence-corrected chi connectivity index (χ2v) is 4.96. The van der Waals surface area contributed by atoms with Crippen molar-refractivity contribution < 1.29 is 0 Å². The van der Waals surface area contributed by atoms with E-state index in [2.05, 4.69) is 53.7 Å². The highest BCUT2D eigenvalue weighted by Gasteiger charge is 2.20. The summed E-state index contributed by atoms with van der Waals surface area (Å²) >= 11 is 0. The van der Waals surface area contributed by atoms with Crippen molar-refractivity contribution in [3.8, 4) is 0 Å². The minimum atomic E-state index is 0.435. The lowest BCUT2D eigenvalue weighted by molar-refractivity contribution is 0.254. The van der Waals surface area contributed by atoms with Gasteiger partial charge in [0.15, 0.2) is 0 Å². The predicted octanol–water partition coefficient (Wildman–Crippen LogP) is 2.20. The molecular weight excluding hydrogens is 222 g/mol. The average molecular weight is 241 g/mol. The van der Waals surface area contributed by atoms with E-state index >= 15 is 0 Å². The Morgan fingerprint density at radius 1 is 1.17 bits per heavy atom. The fourth-order valence-corrected chi connectivity index (χ4v) is 2.64. The van der Waals surface area contributed by atoms with Crippen LogP contribution in [0.5, 0.6) is 0 Å². The second-order valence-electron chi connectivity index (χ2n) is 4.96. The molecule has 1 aromatic carbocycles. The Balaban J connectivity index is 1.97. The summed E-state index contributed by atoms with van der Waals surface area (Å²) in [5.74, 6) is 0. The Bertz CT molecular complexity index is 538. The van der Waals surface area contributed by atoms with Gasteiger partial charge >= 0.3 is 0 Å². The molecule has 1 fully saturated rings. The molecule has 1 aliphatic heterocycles. The van der Waals surface area contributed by atoms with Crippen molar-refractivity contribution in [2.45, 2.75) is 12.5 Å². The molecule has 1 aromatic heterocycles. The smallest absolute Gasteiger partial charge is 0.0706 e. The van der Waals surface area contributed by atoms with E-state index in [0.717, 1.165) is 31.6 Å².